The minimum absolute atomic E-state index is 0.0475. The van der Waals surface area contributed by atoms with Crippen LogP contribution in [0, 0.1) is 23.7 Å². The van der Waals surface area contributed by atoms with Gasteiger partial charge in [-0.25, -0.2) is 4.98 Å². The van der Waals surface area contributed by atoms with Crippen LogP contribution in [0.1, 0.15) is 42.6 Å². The van der Waals surface area contributed by atoms with Crippen LogP contribution in [0.3, 0.4) is 0 Å². The Kier molecular flexibility index (Phi) is 9.28. The Bertz CT molecular complexity index is 921. The highest BCUT2D eigenvalue weighted by atomic mass is 16.5. The van der Waals surface area contributed by atoms with Crippen molar-refractivity contribution < 1.29 is 28.9 Å². The molecule has 0 aliphatic carbocycles. The van der Waals surface area contributed by atoms with Gasteiger partial charge in [0.15, 0.2) is 0 Å². The first-order chi connectivity index (χ1) is 16.3. The number of hydrogen-bond donors (Lipinski definition) is 1. The summed E-state index contributed by atoms with van der Waals surface area (Å²) in [6.45, 7) is 5.83. The van der Waals surface area contributed by atoms with E-state index in [0.717, 1.165) is 12.8 Å². The van der Waals surface area contributed by atoms with Gasteiger partial charge in [0.05, 0.1) is 19.2 Å². The molecule has 9 heteroatoms. The number of ether oxygens (including phenoxy) is 3. The Morgan fingerprint density at radius 2 is 2.15 bits per heavy atom. The number of aromatic nitrogens is 1. The van der Waals surface area contributed by atoms with Gasteiger partial charge in [-0.15, -0.1) is 0 Å². The zero-order chi connectivity index (χ0) is 24.7. The number of fused-ring (bicyclic) bond motifs is 1. The van der Waals surface area contributed by atoms with Crippen LogP contribution in [-0.4, -0.2) is 97.5 Å². The van der Waals surface area contributed by atoms with Gasteiger partial charge in [0.1, 0.15) is 18.3 Å². The fourth-order valence-corrected chi connectivity index (χ4v) is 4.21. The molecular formula is C25H35N3O6. The molecule has 34 heavy (non-hydrogen) atoms. The first-order valence-corrected chi connectivity index (χ1v) is 11.7. The van der Waals surface area contributed by atoms with E-state index >= 15 is 0 Å². The lowest BCUT2D eigenvalue weighted by Gasteiger charge is -2.38. The molecule has 3 rings (SSSR count). The average Bonchev–Trinajstić information content (AvgIpc) is 2.86. The molecule has 3 atom stereocenters. The second-order valence-corrected chi connectivity index (χ2v) is 9.04. The highest BCUT2D eigenvalue weighted by molar-refractivity contribution is 5.97. The van der Waals surface area contributed by atoms with Crippen LogP contribution < -0.4 is 4.74 Å². The average molecular weight is 474 g/mol. The number of carbonyl (C=O) groups excluding carboxylic acids is 2. The molecule has 2 aliphatic rings. The minimum atomic E-state index is -0.383. The van der Waals surface area contributed by atoms with Crippen LogP contribution >= 0.6 is 0 Å². The minimum Gasteiger partial charge on any atom is -0.472 e. The molecule has 0 saturated carbocycles. The van der Waals surface area contributed by atoms with Gasteiger partial charge in [-0.1, -0.05) is 18.8 Å². The van der Waals surface area contributed by atoms with E-state index in [4.69, 9.17) is 14.2 Å². The highest BCUT2D eigenvalue weighted by Gasteiger charge is 2.35. The van der Waals surface area contributed by atoms with Crippen LogP contribution in [0.15, 0.2) is 12.3 Å². The topological polar surface area (TPSA) is 101 Å². The standard InChI is InChI=1S/C25H35N3O6/c1-17-14-28(18(2)16-29)25(31)21-12-19(6-5-9-32-4)13-26-23(21)34-22(17)15-27(3)24(30)20-7-10-33-11-8-20/h12-13,17-18,20,22,29H,7-11,14-16H2,1-4H3/t17-,18+,22+/m0/s1. The largest absolute Gasteiger partial charge is 0.472 e. The van der Waals surface area contributed by atoms with Crippen molar-refractivity contribution in [1.29, 1.82) is 0 Å². The molecular weight excluding hydrogens is 438 g/mol. The summed E-state index contributed by atoms with van der Waals surface area (Å²) < 4.78 is 16.6. The van der Waals surface area contributed by atoms with Crippen molar-refractivity contribution in [2.24, 2.45) is 11.8 Å². The van der Waals surface area contributed by atoms with E-state index in [9.17, 15) is 14.7 Å². The molecule has 1 aromatic heterocycles. The number of nitrogens with zero attached hydrogens (tertiary/aromatic N) is 3. The number of methoxy groups -OCH3 is 1. The quantitative estimate of drug-likeness (QED) is 0.619. The molecule has 1 saturated heterocycles. The lowest BCUT2D eigenvalue weighted by atomic mass is 9.97. The van der Waals surface area contributed by atoms with E-state index in [-0.39, 0.29) is 54.9 Å². The molecule has 1 aromatic rings. The number of aliphatic hydroxyl groups is 1. The van der Waals surface area contributed by atoms with E-state index in [1.807, 2.05) is 6.92 Å². The van der Waals surface area contributed by atoms with Crippen LogP contribution in [-0.2, 0) is 14.3 Å². The molecule has 0 bridgehead atoms. The lowest BCUT2D eigenvalue weighted by molar-refractivity contribution is -0.138. The predicted molar refractivity (Wildman–Crippen MR) is 125 cm³/mol. The summed E-state index contributed by atoms with van der Waals surface area (Å²) in [5, 5.41) is 9.79. The van der Waals surface area contributed by atoms with Gasteiger partial charge in [-0.2, -0.15) is 0 Å². The van der Waals surface area contributed by atoms with Crippen molar-refractivity contribution in [3.63, 3.8) is 0 Å². The molecule has 9 nitrogen and oxygen atoms in total. The molecule has 3 heterocycles. The van der Waals surface area contributed by atoms with E-state index in [2.05, 4.69) is 16.8 Å². The van der Waals surface area contributed by atoms with Gasteiger partial charge in [0.2, 0.25) is 11.8 Å². The predicted octanol–water partition coefficient (Wildman–Crippen LogP) is 1.18. The fourth-order valence-electron chi connectivity index (χ4n) is 4.21. The third-order valence-corrected chi connectivity index (χ3v) is 6.37. The second kappa shape index (κ2) is 12.2. The van der Waals surface area contributed by atoms with Crippen LogP contribution in [0.5, 0.6) is 5.88 Å². The summed E-state index contributed by atoms with van der Waals surface area (Å²) in [4.78, 5) is 34.2. The van der Waals surface area contributed by atoms with Crippen LogP contribution in [0.4, 0.5) is 0 Å². The summed E-state index contributed by atoms with van der Waals surface area (Å²) >= 11 is 0. The summed E-state index contributed by atoms with van der Waals surface area (Å²) in [6, 6.07) is 1.28. The van der Waals surface area contributed by atoms with Gasteiger partial charge in [-0.05, 0) is 25.8 Å². The first kappa shape index (κ1) is 25.9. The maximum absolute atomic E-state index is 13.4. The SMILES string of the molecule is COCC#Cc1cnc2c(c1)C(=O)N([C@H](C)CO)C[C@H](C)[C@@H](CN(C)C(=O)C1CCOCC1)O2. The van der Waals surface area contributed by atoms with Crippen LogP contribution in [0.2, 0.25) is 0 Å². The third-order valence-electron chi connectivity index (χ3n) is 6.37. The van der Waals surface area contributed by atoms with Crippen molar-refractivity contribution in [3.05, 3.63) is 23.4 Å². The summed E-state index contributed by atoms with van der Waals surface area (Å²) in [6.07, 6.45) is 2.62. The molecule has 1 fully saturated rings. The van der Waals surface area contributed by atoms with E-state index in [1.165, 1.54) is 0 Å². The molecule has 186 valence electrons. The Labute approximate surface area is 201 Å². The van der Waals surface area contributed by atoms with E-state index < -0.39 is 0 Å². The van der Waals surface area contributed by atoms with Gasteiger partial charge in [-0.3, -0.25) is 9.59 Å². The van der Waals surface area contributed by atoms with Gasteiger partial charge in [0, 0.05) is 57.5 Å². The lowest BCUT2D eigenvalue weighted by Crippen LogP contribution is -2.51. The second-order valence-electron chi connectivity index (χ2n) is 9.04. The van der Waals surface area contributed by atoms with Crippen molar-refractivity contribution in [2.45, 2.75) is 38.8 Å². The van der Waals surface area contributed by atoms with Crippen LogP contribution in [0.25, 0.3) is 0 Å². The molecule has 0 spiro atoms. The normalized spacial score (nSPS) is 21.9. The van der Waals surface area contributed by atoms with E-state index in [0.29, 0.717) is 37.4 Å². The zero-order valence-corrected chi connectivity index (χ0v) is 20.5. The number of rotatable bonds is 6. The highest BCUT2D eigenvalue weighted by Crippen LogP contribution is 2.28. The fraction of sp³-hybridized carbons (Fsp3) is 0.640. The van der Waals surface area contributed by atoms with Crippen molar-refractivity contribution in [2.75, 3.05) is 53.7 Å². The number of amides is 2. The molecule has 0 radical (unpaired) electrons. The first-order valence-electron chi connectivity index (χ1n) is 11.7. The van der Waals surface area contributed by atoms with Gasteiger partial charge >= 0.3 is 0 Å². The Morgan fingerprint density at radius 3 is 2.82 bits per heavy atom. The van der Waals surface area contributed by atoms with E-state index in [1.54, 1.807) is 43.1 Å². The summed E-state index contributed by atoms with van der Waals surface area (Å²) in [7, 11) is 3.35. The molecule has 0 aromatic carbocycles. The number of aliphatic hydroxyl groups excluding tert-OH is 1. The smallest absolute Gasteiger partial charge is 0.259 e. The summed E-state index contributed by atoms with van der Waals surface area (Å²) in [5.74, 6) is 5.67. The monoisotopic (exact) mass is 473 g/mol. The molecule has 2 amide bonds. The Balaban J connectivity index is 1.88. The van der Waals surface area contributed by atoms with Crippen molar-refractivity contribution in [1.82, 2.24) is 14.8 Å². The number of likely N-dealkylation sites (N-methyl/N-ethyl adjacent to an activating group) is 1. The number of carbonyl (C=O) groups is 2. The molecule has 2 aliphatic heterocycles. The number of hydrogen-bond acceptors (Lipinski definition) is 7. The maximum Gasteiger partial charge on any atom is 0.259 e. The summed E-state index contributed by atoms with van der Waals surface area (Å²) in [5.41, 5.74) is 0.862. The van der Waals surface area contributed by atoms with Crippen molar-refractivity contribution in [3.8, 4) is 17.7 Å². The molecule has 0 unspecified atom stereocenters. The Morgan fingerprint density at radius 1 is 1.41 bits per heavy atom. The van der Waals surface area contributed by atoms with Gasteiger partial charge < -0.3 is 29.1 Å². The molecule has 1 N–H and O–H groups in total. The third kappa shape index (κ3) is 6.26. The maximum atomic E-state index is 13.4. The number of pyridine rings is 1. The van der Waals surface area contributed by atoms with Crippen molar-refractivity contribution >= 4 is 11.8 Å². The Hall–Kier alpha value is -2.67. The zero-order valence-electron chi connectivity index (χ0n) is 20.5. The van der Waals surface area contributed by atoms with Gasteiger partial charge in [0.25, 0.3) is 5.91 Å².